The minimum absolute atomic E-state index is 0. The van der Waals surface area contributed by atoms with Crippen LogP contribution < -0.4 is 20.7 Å². The molecule has 1 saturated heterocycles. The number of amides is 1. The summed E-state index contributed by atoms with van der Waals surface area (Å²) in [6.07, 6.45) is 2.09. The monoisotopic (exact) mass is 359 g/mol. The van der Waals surface area contributed by atoms with Gasteiger partial charge in [0.05, 0.1) is 13.2 Å². The third kappa shape index (κ3) is 5.10. The predicted molar refractivity (Wildman–Crippen MR) is 94.7 cm³/mol. The molecule has 1 amide bonds. The van der Waals surface area contributed by atoms with Crippen LogP contribution in [-0.2, 0) is 9.53 Å². The number of rotatable bonds is 7. The van der Waals surface area contributed by atoms with Crippen LogP contribution in [0.4, 0.5) is 11.8 Å². The Balaban J connectivity index is 0.00000288. The summed E-state index contributed by atoms with van der Waals surface area (Å²) in [5, 5.41) is 3.05. The zero-order valence-electron chi connectivity index (χ0n) is 14.3. The summed E-state index contributed by atoms with van der Waals surface area (Å²) in [5.41, 5.74) is 5.74. The highest BCUT2D eigenvalue weighted by Crippen LogP contribution is 2.27. The van der Waals surface area contributed by atoms with E-state index in [2.05, 4.69) is 27.1 Å². The van der Waals surface area contributed by atoms with Gasteiger partial charge >= 0.3 is 0 Å². The third-order valence-electron chi connectivity index (χ3n) is 3.96. The molecular formula is C15H26ClN5O3. The van der Waals surface area contributed by atoms with Crippen LogP contribution in [0.25, 0.3) is 0 Å². The van der Waals surface area contributed by atoms with Gasteiger partial charge < -0.3 is 25.4 Å². The first-order valence-electron chi connectivity index (χ1n) is 7.79. The molecule has 24 heavy (non-hydrogen) atoms. The number of aromatic nitrogens is 2. The first kappa shape index (κ1) is 20.2. The van der Waals surface area contributed by atoms with Crippen molar-refractivity contribution in [2.24, 2.45) is 5.92 Å². The molecule has 2 rings (SSSR count). The van der Waals surface area contributed by atoms with Crippen molar-refractivity contribution in [3.05, 3.63) is 6.07 Å². The summed E-state index contributed by atoms with van der Waals surface area (Å²) >= 11 is 0. The second-order valence-electron chi connectivity index (χ2n) is 5.69. The Morgan fingerprint density at radius 3 is 2.79 bits per heavy atom. The standard InChI is InChI=1S/C15H25N5O3.ClH/c1-4-5-10-7-20(8-11(10)17-13(21)9-22-2)12-6-14(23-3)19-15(16)18-12;/h6,10-11H,4-5,7-9H2,1-3H3,(H,17,21)(H2,16,18,19);1H/t10-,11-;/m0./s1. The lowest BCUT2D eigenvalue weighted by Gasteiger charge is -2.19. The Kier molecular flexibility index (Phi) is 8.00. The number of hydrogen-bond acceptors (Lipinski definition) is 7. The molecule has 8 nitrogen and oxygen atoms in total. The Bertz CT molecular complexity index is 546. The maximum absolute atomic E-state index is 11.8. The second-order valence-corrected chi connectivity index (χ2v) is 5.69. The highest BCUT2D eigenvalue weighted by Gasteiger charge is 2.34. The fourth-order valence-electron chi connectivity index (χ4n) is 2.96. The van der Waals surface area contributed by atoms with Crippen molar-refractivity contribution >= 4 is 30.1 Å². The largest absolute Gasteiger partial charge is 0.481 e. The van der Waals surface area contributed by atoms with Gasteiger partial charge in [0.1, 0.15) is 12.4 Å². The van der Waals surface area contributed by atoms with Gasteiger partial charge in [0, 0.05) is 26.3 Å². The summed E-state index contributed by atoms with van der Waals surface area (Å²) < 4.78 is 10.0. The van der Waals surface area contributed by atoms with Crippen LogP contribution in [0.2, 0.25) is 0 Å². The summed E-state index contributed by atoms with van der Waals surface area (Å²) in [6.45, 7) is 3.71. The van der Waals surface area contributed by atoms with Crippen LogP contribution in [-0.4, -0.2) is 55.8 Å². The van der Waals surface area contributed by atoms with Gasteiger partial charge in [-0.1, -0.05) is 13.3 Å². The zero-order chi connectivity index (χ0) is 16.8. The topological polar surface area (TPSA) is 103 Å². The predicted octanol–water partition coefficient (Wildman–Crippen LogP) is 0.857. The Morgan fingerprint density at radius 1 is 1.42 bits per heavy atom. The molecule has 1 aromatic heterocycles. The number of nitrogens with two attached hydrogens (primary N) is 1. The Morgan fingerprint density at radius 2 is 2.17 bits per heavy atom. The van der Waals surface area contributed by atoms with Crippen LogP contribution in [0.15, 0.2) is 6.07 Å². The summed E-state index contributed by atoms with van der Waals surface area (Å²) in [7, 11) is 3.06. The minimum atomic E-state index is -0.0970. The molecule has 3 N–H and O–H groups in total. The van der Waals surface area contributed by atoms with E-state index in [0.29, 0.717) is 18.3 Å². The van der Waals surface area contributed by atoms with Crippen LogP contribution >= 0.6 is 12.4 Å². The van der Waals surface area contributed by atoms with Gasteiger partial charge in [-0.25, -0.2) is 0 Å². The van der Waals surface area contributed by atoms with Crippen LogP contribution in [0.5, 0.6) is 5.88 Å². The van der Waals surface area contributed by atoms with E-state index in [-0.39, 0.29) is 36.9 Å². The van der Waals surface area contributed by atoms with Gasteiger partial charge in [-0.05, 0) is 12.3 Å². The Labute approximate surface area is 148 Å². The molecule has 0 aliphatic carbocycles. The molecule has 1 fully saturated rings. The number of anilines is 2. The van der Waals surface area contributed by atoms with Gasteiger partial charge in [0.2, 0.25) is 17.7 Å². The zero-order valence-corrected chi connectivity index (χ0v) is 15.1. The molecule has 0 radical (unpaired) electrons. The van der Waals surface area contributed by atoms with E-state index in [1.165, 1.54) is 7.11 Å². The first-order valence-corrected chi connectivity index (χ1v) is 7.79. The van der Waals surface area contributed by atoms with E-state index >= 15 is 0 Å². The lowest BCUT2D eigenvalue weighted by molar-refractivity contribution is -0.125. The quantitative estimate of drug-likeness (QED) is 0.744. The third-order valence-corrected chi connectivity index (χ3v) is 3.96. The molecule has 0 saturated carbocycles. The number of nitrogens with one attached hydrogen (secondary N) is 1. The van der Waals surface area contributed by atoms with Gasteiger partial charge in [0.25, 0.3) is 0 Å². The Hall–Kier alpha value is -1.80. The van der Waals surface area contributed by atoms with Gasteiger partial charge in [0.15, 0.2) is 0 Å². The fourth-order valence-corrected chi connectivity index (χ4v) is 2.96. The van der Waals surface area contributed by atoms with Gasteiger partial charge in [-0.3, -0.25) is 4.79 Å². The van der Waals surface area contributed by atoms with E-state index in [1.807, 2.05) is 0 Å². The number of hydrogen-bond donors (Lipinski definition) is 2. The maximum Gasteiger partial charge on any atom is 0.246 e. The van der Waals surface area contributed by atoms with Crippen molar-refractivity contribution in [3.8, 4) is 5.88 Å². The van der Waals surface area contributed by atoms with Crippen LogP contribution in [0.1, 0.15) is 19.8 Å². The molecular weight excluding hydrogens is 334 g/mol. The van der Waals surface area contributed by atoms with Crippen molar-refractivity contribution in [2.75, 3.05) is 44.5 Å². The molecule has 9 heteroatoms. The van der Waals surface area contributed by atoms with E-state index in [1.54, 1.807) is 13.2 Å². The number of ether oxygens (including phenoxy) is 2. The van der Waals surface area contributed by atoms with Crippen molar-refractivity contribution < 1.29 is 14.3 Å². The number of nitrogens with zero attached hydrogens (tertiary/aromatic N) is 3. The average Bonchev–Trinajstić information content (AvgIpc) is 2.90. The smallest absolute Gasteiger partial charge is 0.246 e. The van der Waals surface area contributed by atoms with Crippen LogP contribution in [0.3, 0.4) is 0 Å². The number of halogens is 1. The number of carbonyl (C=O) groups is 1. The van der Waals surface area contributed by atoms with Crippen molar-refractivity contribution in [1.29, 1.82) is 0 Å². The average molecular weight is 360 g/mol. The second kappa shape index (κ2) is 9.48. The summed E-state index contributed by atoms with van der Waals surface area (Å²) in [5.74, 6) is 1.60. The molecule has 2 atom stereocenters. The lowest BCUT2D eigenvalue weighted by Crippen LogP contribution is -2.42. The van der Waals surface area contributed by atoms with E-state index in [0.717, 1.165) is 25.2 Å². The van der Waals surface area contributed by atoms with Gasteiger partial charge in [-0.2, -0.15) is 9.97 Å². The highest BCUT2D eigenvalue weighted by atomic mass is 35.5. The maximum atomic E-state index is 11.8. The van der Waals surface area contributed by atoms with Crippen LogP contribution in [0, 0.1) is 5.92 Å². The minimum Gasteiger partial charge on any atom is -0.481 e. The summed E-state index contributed by atoms with van der Waals surface area (Å²) in [4.78, 5) is 22.2. The molecule has 136 valence electrons. The number of methoxy groups -OCH3 is 2. The highest BCUT2D eigenvalue weighted by molar-refractivity contribution is 5.85. The SMILES string of the molecule is CCC[C@H]1CN(c2cc(OC)nc(N)n2)C[C@@H]1NC(=O)COC.Cl. The molecule has 0 bridgehead atoms. The van der Waals surface area contributed by atoms with E-state index < -0.39 is 0 Å². The van der Waals surface area contributed by atoms with Crippen molar-refractivity contribution in [2.45, 2.75) is 25.8 Å². The fraction of sp³-hybridized carbons (Fsp3) is 0.667. The number of carbonyl (C=O) groups excluding carboxylic acids is 1. The number of nitrogen functional groups attached to an aromatic ring is 1. The van der Waals surface area contributed by atoms with Gasteiger partial charge in [-0.15, -0.1) is 12.4 Å². The molecule has 0 spiro atoms. The molecule has 1 aromatic rings. The lowest BCUT2D eigenvalue weighted by atomic mass is 9.98. The molecule has 0 aromatic carbocycles. The molecule has 1 aliphatic heterocycles. The first-order chi connectivity index (χ1) is 11.1. The normalized spacial score (nSPS) is 19.7. The van der Waals surface area contributed by atoms with E-state index in [9.17, 15) is 4.79 Å². The van der Waals surface area contributed by atoms with Crippen molar-refractivity contribution in [1.82, 2.24) is 15.3 Å². The van der Waals surface area contributed by atoms with Crippen molar-refractivity contribution in [3.63, 3.8) is 0 Å². The molecule has 1 aliphatic rings. The van der Waals surface area contributed by atoms with E-state index in [4.69, 9.17) is 15.2 Å². The molecule has 0 unspecified atom stereocenters. The molecule has 2 heterocycles. The summed E-state index contributed by atoms with van der Waals surface area (Å²) in [6, 6.07) is 1.83.